The maximum absolute atomic E-state index is 14.6. The van der Waals surface area contributed by atoms with Gasteiger partial charge in [0.25, 0.3) is 0 Å². The van der Waals surface area contributed by atoms with E-state index in [0.717, 1.165) is 18.4 Å². The summed E-state index contributed by atoms with van der Waals surface area (Å²) in [5, 5.41) is 157. The molecule has 560 valence electrons. The quantitative estimate of drug-likeness (QED) is 0.0312. The first-order valence-electron chi connectivity index (χ1n) is 34.5. The predicted molar refractivity (Wildman–Crippen MR) is 329 cm³/mol. The largest absolute Gasteiger partial charge is 0.458 e. The normalized spacial score (nSPS) is 52.5. The number of Topliss-reactive ketones (excluding diaryl/α,β-unsaturated/α-hetero) is 1. The smallest absolute Gasteiger partial charge is 0.314 e. The fourth-order valence-corrected chi connectivity index (χ4v) is 19.0. The molecule has 98 heavy (non-hydrogen) atoms. The maximum Gasteiger partial charge on any atom is 0.314 e. The van der Waals surface area contributed by atoms with Gasteiger partial charge in [-0.15, -0.1) is 6.58 Å². The summed E-state index contributed by atoms with van der Waals surface area (Å²) in [6.45, 7) is 16.5. The monoisotopic (exact) mass is 1410 g/mol. The van der Waals surface area contributed by atoms with Crippen LogP contribution >= 0.6 is 0 Å². The van der Waals surface area contributed by atoms with Crippen LogP contribution < -0.4 is 0 Å². The fraction of sp³-hybridized carbons (Fsp3) is 0.910. The summed E-state index contributed by atoms with van der Waals surface area (Å²) in [5.41, 5.74) is -1.56. The Bertz CT molecular complexity index is 2820. The van der Waals surface area contributed by atoms with E-state index in [9.17, 15) is 81.1 Å². The number of cyclic esters (lactones) is 1. The van der Waals surface area contributed by atoms with Crippen LogP contribution in [-0.2, 0) is 80.6 Å². The van der Waals surface area contributed by atoms with Crippen LogP contribution in [0, 0.1) is 39.4 Å². The van der Waals surface area contributed by atoms with Crippen molar-refractivity contribution < 1.29 is 152 Å². The predicted octanol–water partition coefficient (Wildman–Crippen LogP) is -2.88. The van der Waals surface area contributed by atoms with E-state index in [4.69, 9.17) is 71.1 Å². The van der Waals surface area contributed by atoms with Crippen LogP contribution in [0.4, 0.5) is 0 Å². The van der Waals surface area contributed by atoms with Crippen LogP contribution in [0.5, 0.6) is 0 Å². The zero-order valence-electron chi connectivity index (χ0n) is 57.2. The van der Waals surface area contributed by atoms with Gasteiger partial charge in [0, 0.05) is 20.6 Å². The van der Waals surface area contributed by atoms with Gasteiger partial charge in [-0.25, -0.2) is 0 Å². The number of ketones is 1. The zero-order valence-corrected chi connectivity index (χ0v) is 57.2. The highest BCUT2D eigenvalue weighted by Crippen LogP contribution is 2.75. The van der Waals surface area contributed by atoms with E-state index < -0.39 is 244 Å². The average molecular weight is 1410 g/mol. The molecule has 11 aliphatic rings. The number of hydrogen-bond acceptors (Lipinski definition) is 31. The van der Waals surface area contributed by atoms with E-state index in [1.165, 1.54) is 33.6 Å². The lowest BCUT2D eigenvalue weighted by atomic mass is 9.41. The lowest BCUT2D eigenvalue weighted by molar-refractivity contribution is -0.396. The fourth-order valence-electron chi connectivity index (χ4n) is 19.0. The molecule has 14 N–H and O–H groups in total. The van der Waals surface area contributed by atoms with E-state index in [2.05, 4.69) is 40.3 Å². The molecule has 0 aromatic heterocycles. The van der Waals surface area contributed by atoms with Crippen molar-refractivity contribution in [3.63, 3.8) is 0 Å². The lowest BCUT2D eigenvalue weighted by Gasteiger charge is -2.63. The molecule has 4 aliphatic carbocycles. The Labute approximate surface area is 569 Å². The zero-order chi connectivity index (χ0) is 71.4. The van der Waals surface area contributed by atoms with Gasteiger partial charge in [-0.2, -0.15) is 0 Å². The van der Waals surface area contributed by atoms with Crippen LogP contribution in [0.25, 0.3) is 0 Å². The highest BCUT2D eigenvalue weighted by Gasteiger charge is 2.79. The minimum absolute atomic E-state index is 0.0530. The van der Waals surface area contributed by atoms with E-state index in [1.54, 1.807) is 0 Å². The van der Waals surface area contributed by atoms with Crippen molar-refractivity contribution in [1.29, 1.82) is 0 Å². The molecule has 7 saturated heterocycles. The molecule has 0 amide bonds. The second-order valence-electron chi connectivity index (χ2n) is 30.6. The van der Waals surface area contributed by atoms with Crippen molar-refractivity contribution in [1.82, 2.24) is 0 Å². The Morgan fingerprint density at radius 1 is 0.561 bits per heavy atom. The number of carbonyl (C=O) groups is 2. The minimum atomic E-state index is -2.03. The number of fused-ring (bicyclic) bond motifs is 4. The lowest BCUT2D eigenvalue weighted by Crippen LogP contribution is -2.67. The van der Waals surface area contributed by atoms with E-state index in [-0.39, 0.29) is 30.0 Å². The first-order chi connectivity index (χ1) is 46.2. The minimum Gasteiger partial charge on any atom is -0.458 e. The van der Waals surface area contributed by atoms with Gasteiger partial charge in [0.15, 0.2) is 37.7 Å². The van der Waals surface area contributed by atoms with Gasteiger partial charge in [0.1, 0.15) is 140 Å². The molecule has 7 aliphatic heterocycles. The molecule has 31 heteroatoms. The molecule has 37 atom stereocenters. The summed E-state index contributed by atoms with van der Waals surface area (Å²) in [4.78, 5) is 29.1. The maximum atomic E-state index is 14.6. The van der Waals surface area contributed by atoms with Gasteiger partial charge in [-0.3, -0.25) is 9.59 Å². The SMILES string of the molecule is C=C(C)CCCC1(C)OC(=O)C23CC=C4C(CCC5C4(C)CCC(OC4OCC(OC6OC(CO)C(O)C(OC7OC(CO)C(O)C(OC)C7O)C6O)C(O)C4OC4OC(C)C(OC6OC(C)C(O)C(OC7OC(CO)C(O)C(OC)C7O)C6O)C(O)C4O)C5(C)C)C2(C)CC(=O)C13. The number of allylic oxidation sites excluding steroid dienone is 3. The summed E-state index contributed by atoms with van der Waals surface area (Å²) in [5.74, 6) is -0.994. The van der Waals surface area contributed by atoms with E-state index in [0.29, 0.717) is 38.5 Å². The Balaban J connectivity index is 0.833. The van der Waals surface area contributed by atoms with Crippen molar-refractivity contribution in [3.8, 4) is 0 Å². The third kappa shape index (κ3) is 13.1. The van der Waals surface area contributed by atoms with Gasteiger partial charge in [0.2, 0.25) is 0 Å². The highest BCUT2D eigenvalue weighted by molar-refractivity contribution is 5.99. The van der Waals surface area contributed by atoms with Gasteiger partial charge < -0.3 is 143 Å². The van der Waals surface area contributed by atoms with Crippen molar-refractivity contribution in [2.75, 3.05) is 40.6 Å². The highest BCUT2D eigenvalue weighted by atomic mass is 16.8. The van der Waals surface area contributed by atoms with Crippen molar-refractivity contribution >= 4 is 11.8 Å². The van der Waals surface area contributed by atoms with E-state index in [1.807, 2.05) is 13.8 Å². The molecule has 0 bridgehead atoms. The molecule has 31 nitrogen and oxygen atoms in total. The summed E-state index contributed by atoms with van der Waals surface area (Å²) in [6, 6.07) is 0. The van der Waals surface area contributed by atoms with Gasteiger partial charge in [0.05, 0.1) is 56.1 Å². The van der Waals surface area contributed by atoms with Crippen molar-refractivity contribution in [3.05, 3.63) is 23.8 Å². The summed E-state index contributed by atoms with van der Waals surface area (Å²) in [6.07, 6.45) is -40.8. The van der Waals surface area contributed by atoms with Gasteiger partial charge in [-0.1, -0.05) is 44.9 Å². The van der Waals surface area contributed by atoms with E-state index >= 15 is 0 Å². The first kappa shape index (κ1) is 76.6. The van der Waals surface area contributed by atoms with Crippen LogP contribution in [-0.4, -0.2) is 314 Å². The molecule has 10 fully saturated rings. The number of hydrogen-bond donors (Lipinski definition) is 14. The van der Waals surface area contributed by atoms with Gasteiger partial charge in [-0.05, 0) is 107 Å². The van der Waals surface area contributed by atoms with Crippen molar-refractivity contribution in [2.24, 2.45) is 39.4 Å². The first-order valence-corrected chi connectivity index (χ1v) is 34.5. The molecule has 7 heterocycles. The molecule has 1 spiro atoms. The molecular formula is C67H106O31. The summed E-state index contributed by atoms with van der Waals surface area (Å²) in [7, 11) is 2.39. The Hall–Kier alpha value is -2.50. The second kappa shape index (κ2) is 29.4. The Morgan fingerprint density at radius 3 is 1.62 bits per heavy atom. The molecule has 11 rings (SSSR count). The number of carbonyl (C=O) groups excluding carboxylic acids is 2. The molecule has 0 aromatic rings. The van der Waals surface area contributed by atoms with Crippen LogP contribution in [0.15, 0.2) is 23.8 Å². The van der Waals surface area contributed by atoms with Crippen LogP contribution in [0.3, 0.4) is 0 Å². The summed E-state index contributed by atoms with van der Waals surface area (Å²) >= 11 is 0. The van der Waals surface area contributed by atoms with Gasteiger partial charge >= 0.3 is 5.97 Å². The summed E-state index contributed by atoms with van der Waals surface area (Å²) < 4.78 is 90.4. The topological polar surface area (TPSA) is 456 Å². The molecule has 0 radical (unpaired) electrons. The number of methoxy groups -OCH3 is 2. The van der Waals surface area contributed by atoms with Crippen LogP contribution in [0.1, 0.15) is 113 Å². The molecule has 37 unspecified atom stereocenters. The standard InChI is InChI=1S/C67H106O31/c1-26(2)13-12-18-66(9)55-31(71)21-65(8)30-14-15-36-63(5,6)37(17-19-64(36,7)29(30)16-20-67(55,65)62(83)98-66)93-61-54(42(76)35(25-86-61)92-58-48(82)53(41(75)34(24-70)89-58)96-60-46(80)51(85-11)40(74)33(23-69)91-60)97-56-44(78)43(77)49(28(4)88-56)94-57-47(81)52(38(72)27(3)87-57)95-59-45(79)50(84-10)39(73)32(22-68)90-59/h16,27-28,30,32-61,68-70,72-82H,1,12-15,17-25H2,2-11H3. The molecular weight excluding hydrogens is 1300 g/mol. The third-order valence-corrected chi connectivity index (χ3v) is 24.3. The number of ether oxygens (including phenoxy) is 15. The third-order valence-electron chi connectivity index (χ3n) is 24.3. The number of rotatable bonds is 21. The Morgan fingerprint density at radius 2 is 1.06 bits per heavy atom. The molecule has 3 saturated carbocycles. The number of aliphatic hydroxyl groups excluding tert-OH is 14. The average Bonchev–Trinajstić information content (AvgIpc) is 1.47. The second-order valence-corrected chi connectivity index (χ2v) is 30.6. The van der Waals surface area contributed by atoms with Crippen LogP contribution in [0.2, 0.25) is 0 Å². The number of esters is 1. The Kier molecular flexibility index (Phi) is 23.0. The number of aliphatic hydroxyl groups is 14. The molecule has 0 aromatic carbocycles. The van der Waals surface area contributed by atoms with Crippen molar-refractivity contribution in [2.45, 2.75) is 303 Å².